The maximum atomic E-state index is 12.8. The Hall–Kier alpha value is -1.39. The van der Waals surface area contributed by atoms with E-state index in [1.165, 1.54) is 0 Å². The van der Waals surface area contributed by atoms with E-state index in [2.05, 4.69) is 13.8 Å². The van der Waals surface area contributed by atoms with Crippen LogP contribution in [0.1, 0.15) is 43.5 Å². The molecule has 0 spiro atoms. The first-order chi connectivity index (χ1) is 10.0. The number of benzene rings is 1. The number of amides is 1. The molecule has 1 saturated heterocycles. The van der Waals surface area contributed by atoms with Gasteiger partial charge < -0.3 is 14.7 Å². The molecule has 1 aromatic carbocycles. The first-order valence-corrected chi connectivity index (χ1v) is 7.64. The van der Waals surface area contributed by atoms with Crippen LogP contribution in [0.2, 0.25) is 0 Å². The van der Waals surface area contributed by atoms with Crippen molar-refractivity contribution in [2.75, 3.05) is 19.8 Å². The monoisotopic (exact) mass is 291 g/mol. The number of aliphatic hydroxyl groups excluding tert-OH is 1. The fourth-order valence-electron chi connectivity index (χ4n) is 2.90. The Labute approximate surface area is 126 Å². The third-order valence-corrected chi connectivity index (χ3v) is 3.95. The van der Waals surface area contributed by atoms with Crippen LogP contribution in [0.3, 0.4) is 0 Å². The molecule has 4 nitrogen and oxygen atoms in total. The zero-order chi connectivity index (χ0) is 15.3. The molecule has 1 aromatic rings. The number of hydrogen-bond acceptors (Lipinski definition) is 3. The van der Waals surface area contributed by atoms with Crippen LogP contribution < -0.4 is 0 Å². The maximum Gasteiger partial charge on any atom is 0.254 e. The fraction of sp³-hybridized carbons (Fsp3) is 0.588. The summed E-state index contributed by atoms with van der Waals surface area (Å²) in [6, 6.07) is 9.54. The van der Waals surface area contributed by atoms with Crippen molar-refractivity contribution in [1.82, 2.24) is 4.90 Å². The molecule has 4 heteroatoms. The minimum absolute atomic E-state index is 0.0479. The zero-order valence-electron chi connectivity index (χ0n) is 12.9. The number of ether oxygens (including phenoxy) is 1. The average molecular weight is 291 g/mol. The largest absolute Gasteiger partial charge is 0.396 e. The van der Waals surface area contributed by atoms with Crippen molar-refractivity contribution in [3.63, 3.8) is 0 Å². The van der Waals surface area contributed by atoms with E-state index in [9.17, 15) is 4.79 Å². The van der Waals surface area contributed by atoms with E-state index in [0.717, 1.165) is 12.8 Å². The van der Waals surface area contributed by atoms with Crippen LogP contribution in [-0.4, -0.2) is 47.3 Å². The van der Waals surface area contributed by atoms with Gasteiger partial charge in [-0.3, -0.25) is 4.79 Å². The number of hydrogen-bond donors (Lipinski definition) is 1. The van der Waals surface area contributed by atoms with E-state index in [1.54, 1.807) is 0 Å². The predicted octanol–water partition coefficient (Wildman–Crippen LogP) is 2.47. The molecule has 1 aliphatic heterocycles. The van der Waals surface area contributed by atoms with Crippen molar-refractivity contribution in [3.8, 4) is 0 Å². The molecule has 0 aromatic heterocycles. The molecule has 116 valence electrons. The number of carbonyl (C=O) groups excluding carboxylic acids is 1. The average Bonchev–Trinajstić information content (AvgIpc) is 2.47. The van der Waals surface area contributed by atoms with Crippen LogP contribution in [0.25, 0.3) is 0 Å². The Morgan fingerprint density at radius 2 is 2.10 bits per heavy atom. The molecule has 1 aliphatic rings. The van der Waals surface area contributed by atoms with E-state index in [0.29, 0.717) is 25.1 Å². The molecule has 1 heterocycles. The molecule has 2 rings (SSSR count). The van der Waals surface area contributed by atoms with Gasteiger partial charge in [-0.25, -0.2) is 0 Å². The first-order valence-electron chi connectivity index (χ1n) is 7.64. The van der Waals surface area contributed by atoms with Crippen LogP contribution in [0, 0.1) is 0 Å². The van der Waals surface area contributed by atoms with Gasteiger partial charge in [-0.05, 0) is 45.2 Å². The normalized spacial score (nSPS) is 21.0. The highest BCUT2D eigenvalue weighted by Crippen LogP contribution is 2.28. The van der Waals surface area contributed by atoms with Gasteiger partial charge in [0.05, 0.1) is 5.60 Å². The SMILES string of the molecule is CC1(C)CC(N(CCCO)C(=O)c2ccccc2)CCO1. The third-order valence-electron chi connectivity index (χ3n) is 3.95. The molecule has 1 unspecified atom stereocenters. The minimum atomic E-state index is -0.197. The second-order valence-corrected chi connectivity index (χ2v) is 6.20. The lowest BCUT2D eigenvalue weighted by molar-refractivity contribution is -0.0785. The summed E-state index contributed by atoms with van der Waals surface area (Å²) < 4.78 is 5.75. The van der Waals surface area contributed by atoms with Gasteiger partial charge >= 0.3 is 0 Å². The molecular weight excluding hydrogens is 266 g/mol. The number of rotatable bonds is 5. The molecular formula is C17H25NO3. The predicted molar refractivity (Wildman–Crippen MR) is 82.2 cm³/mol. The summed E-state index contributed by atoms with van der Waals surface area (Å²) in [5.74, 6) is 0.0479. The van der Waals surface area contributed by atoms with Gasteiger partial charge in [0.1, 0.15) is 0 Å². The Morgan fingerprint density at radius 3 is 2.71 bits per heavy atom. The standard InChI is InChI=1S/C17H25NO3/c1-17(2)13-15(9-12-21-17)18(10-6-11-19)16(20)14-7-4-3-5-8-14/h3-5,7-8,15,19H,6,9-13H2,1-2H3. The summed E-state index contributed by atoms with van der Waals surface area (Å²) in [5, 5.41) is 9.11. The van der Waals surface area contributed by atoms with Crippen molar-refractivity contribution in [2.24, 2.45) is 0 Å². The van der Waals surface area contributed by atoms with Crippen molar-refractivity contribution < 1.29 is 14.6 Å². The highest BCUT2D eigenvalue weighted by atomic mass is 16.5. The molecule has 21 heavy (non-hydrogen) atoms. The zero-order valence-corrected chi connectivity index (χ0v) is 12.9. The number of aliphatic hydroxyl groups is 1. The van der Waals surface area contributed by atoms with Crippen LogP contribution in [-0.2, 0) is 4.74 Å². The Kier molecular flexibility index (Phi) is 5.37. The molecule has 1 amide bonds. The maximum absolute atomic E-state index is 12.8. The van der Waals surface area contributed by atoms with Crippen LogP contribution in [0.5, 0.6) is 0 Å². The van der Waals surface area contributed by atoms with Gasteiger partial charge in [0, 0.05) is 31.4 Å². The van der Waals surface area contributed by atoms with Gasteiger partial charge in [-0.15, -0.1) is 0 Å². The summed E-state index contributed by atoms with van der Waals surface area (Å²) in [5.41, 5.74) is 0.511. The van der Waals surface area contributed by atoms with Crippen LogP contribution >= 0.6 is 0 Å². The lowest BCUT2D eigenvalue weighted by atomic mass is 9.92. The number of carbonyl (C=O) groups is 1. The minimum Gasteiger partial charge on any atom is -0.396 e. The molecule has 0 saturated carbocycles. The van der Waals surface area contributed by atoms with E-state index in [-0.39, 0.29) is 24.2 Å². The summed E-state index contributed by atoms with van der Waals surface area (Å²) in [6.07, 6.45) is 2.29. The molecule has 1 N–H and O–H groups in total. The Bertz CT molecular complexity index is 458. The van der Waals surface area contributed by atoms with Gasteiger partial charge in [0.25, 0.3) is 5.91 Å². The smallest absolute Gasteiger partial charge is 0.254 e. The van der Waals surface area contributed by atoms with E-state index in [1.807, 2.05) is 35.2 Å². The van der Waals surface area contributed by atoms with Crippen LogP contribution in [0.15, 0.2) is 30.3 Å². The van der Waals surface area contributed by atoms with Crippen molar-refractivity contribution in [3.05, 3.63) is 35.9 Å². The lowest BCUT2D eigenvalue weighted by Gasteiger charge is -2.41. The molecule has 0 aliphatic carbocycles. The van der Waals surface area contributed by atoms with Crippen molar-refractivity contribution >= 4 is 5.91 Å². The third kappa shape index (κ3) is 4.29. The Balaban J connectivity index is 2.15. The van der Waals surface area contributed by atoms with E-state index < -0.39 is 0 Å². The van der Waals surface area contributed by atoms with Crippen molar-refractivity contribution in [2.45, 2.75) is 44.8 Å². The van der Waals surface area contributed by atoms with Gasteiger partial charge in [0.2, 0.25) is 0 Å². The van der Waals surface area contributed by atoms with Gasteiger partial charge in [-0.2, -0.15) is 0 Å². The fourth-order valence-corrected chi connectivity index (χ4v) is 2.90. The van der Waals surface area contributed by atoms with Crippen molar-refractivity contribution in [1.29, 1.82) is 0 Å². The second kappa shape index (κ2) is 7.05. The van der Waals surface area contributed by atoms with E-state index >= 15 is 0 Å². The lowest BCUT2D eigenvalue weighted by Crippen LogP contribution is -2.49. The summed E-state index contributed by atoms with van der Waals surface area (Å²) >= 11 is 0. The summed E-state index contributed by atoms with van der Waals surface area (Å²) in [7, 11) is 0. The highest BCUT2D eigenvalue weighted by Gasteiger charge is 2.34. The highest BCUT2D eigenvalue weighted by molar-refractivity contribution is 5.94. The second-order valence-electron chi connectivity index (χ2n) is 6.20. The summed E-state index contributed by atoms with van der Waals surface area (Å²) in [4.78, 5) is 14.7. The van der Waals surface area contributed by atoms with Crippen LogP contribution in [0.4, 0.5) is 0 Å². The molecule has 0 radical (unpaired) electrons. The van der Waals surface area contributed by atoms with E-state index in [4.69, 9.17) is 9.84 Å². The Morgan fingerprint density at radius 1 is 1.38 bits per heavy atom. The molecule has 0 bridgehead atoms. The molecule has 1 atom stereocenters. The topological polar surface area (TPSA) is 49.8 Å². The summed E-state index contributed by atoms with van der Waals surface area (Å²) in [6.45, 7) is 5.50. The quantitative estimate of drug-likeness (QED) is 0.906. The molecule has 1 fully saturated rings. The van der Waals surface area contributed by atoms with Gasteiger partial charge in [-0.1, -0.05) is 18.2 Å². The van der Waals surface area contributed by atoms with Gasteiger partial charge in [0.15, 0.2) is 0 Å². The first kappa shape index (κ1) is 16.0. The number of nitrogens with zero attached hydrogens (tertiary/aromatic N) is 1.